The lowest BCUT2D eigenvalue weighted by Crippen LogP contribution is -2.15. The highest BCUT2D eigenvalue weighted by Crippen LogP contribution is 2.31. The van der Waals surface area contributed by atoms with Crippen molar-refractivity contribution in [3.63, 3.8) is 0 Å². The molecule has 0 saturated heterocycles. The van der Waals surface area contributed by atoms with Crippen LogP contribution in [-0.4, -0.2) is 31.7 Å². The topological polar surface area (TPSA) is 97.1 Å². The number of fused-ring (bicyclic) bond motifs is 1. The van der Waals surface area contributed by atoms with Crippen LogP contribution in [-0.2, 0) is 7.05 Å². The third-order valence-corrected chi connectivity index (χ3v) is 5.28. The van der Waals surface area contributed by atoms with Crippen LogP contribution in [0.3, 0.4) is 0 Å². The number of anilines is 1. The Morgan fingerprint density at radius 3 is 2.61 bits per heavy atom. The summed E-state index contributed by atoms with van der Waals surface area (Å²) in [5.74, 6) is -1.76. The van der Waals surface area contributed by atoms with E-state index in [4.69, 9.17) is 0 Å². The number of aromatic nitrogens is 3. The fraction of sp³-hybridized carbons (Fsp3) is 0.100. The molecule has 2 aromatic carbocycles. The fourth-order valence-electron chi connectivity index (χ4n) is 2.86. The highest BCUT2D eigenvalue weighted by atomic mass is 32.1. The first-order valence-corrected chi connectivity index (χ1v) is 9.28. The predicted molar refractivity (Wildman–Crippen MR) is 108 cm³/mol. The number of hydrogen-bond acceptors (Lipinski definition) is 5. The average Bonchev–Trinajstić information content (AvgIpc) is 3.25. The smallest absolute Gasteiger partial charge is 0.357 e. The number of carboxylic acids is 1. The van der Waals surface area contributed by atoms with E-state index in [1.807, 2.05) is 31.2 Å². The molecule has 2 heterocycles. The molecule has 0 fully saturated rings. The third kappa shape index (κ3) is 3.37. The van der Waals surface area contributed by atoms with E-state index in [0.717, 1.165) is 20.8 Å². The number of hydrogen-bond donors (Lipinski definition) is 2. The zero-order valence-electron chi connectivity index (χ0n) is 15.1. The summed E-state index contributed by atoms with van der Waals surface area (Å²) < 4.78 is 2.43. The van der Waals surface area contributed by atoms with E-state index >= 15 is 0 Å². The molecular weight excluding hydrogens is 376 g/mol. The van der Waals surface area contributed by atoms with Gasteiger partial charge in [0.15, 0.2) is 5.69 Å². The summed E-state index contributed by atoms with van der Waals surface area (Å²) in [7, 11) is 1.57. The van der Waals surface area contributed by atoms with Crippen molar-refractivity contribution in [3.8, 4) is 10.6 Å². The zero-order valence-corrected chi connectivity index (χ0v) is 15.9. The number of aromatic carboxylic acids is 1. The summed E-state index contributed by atoms with van der Waals surface area (Å²) >= 11 is 1.61. The Hall–Kier alpha value is -3.52. The van der Waals surface area contributed by atoms with E-state index in [1.54, 1.807) is 30.5 Å². The second kappa shape index (κ2) is 6.90. The van der Waals surface area contributed by atoms with Crippen molar-refractivity contribution in [2.24, 2.45) is 7.05 Å². The first kappa shape index (κ1) is 17.9. The maximum atomic E-state index is 12.4. The largest absolute Gasteiger partial charge is 0.476 e. The maximum Gasteiger partial charge on any atom is 0.357 e. The quantitative estimate of drug-likeness (QED) is 0.548. The minimum absolute atomic E-state index is 0.0145. The monoisotopic (exact) mass is 392 g/mol. The van der Waals surface area contributed by atoms with Gasteiger partial charge in [0.25, 0.3) is 5.91 Å². The number of carbonyl (C=O) groups is 2. The molecule has 4 rings (SSSR count). The molecule has 7 nitrogen and oxygen atoms in total. The standard InChI is InChI=1S/C20H16N4O3S/c1-11-3-8-15-16(9-11)28-19(22-15)12-4-6-13(7-5-12)21-18(25)14-10-24(2)23-17(14)20(26)27/h3-10H,1-2H3,(H,21,25)(H,26,27). The summed E-state index contributed by atoms with van der Waals surface area (Å²) in [5, 5.41) is 16.6. The summed E-state index contributed by atoms with van der Waals surface area (Å²) in [6, 6.07) is 13.4. The highest BCUT2D eigenvalue weighted by Gasteiger charge is 2.21. The first-order chi connectivity index (χ1) is 13.4. The Morgan fingerprint density at radius 2 is 1.89 bits per heavy atom. The molecule has 0 aliphatic rings. The molecule has 28 heavy (non-hydrogen) atoms. The molecule has 0 atom stereocenters. The lowest BCUT2D eigenvalue weighted by Gasteiger charge is -2.05. The van der Waals surface area contributed by atoms with Crippen LogP contribution in [0.1, 0.15) is 26.4 Å². The average molecular weight is 392 g/mol. The minimum atomic E-state index is -1.24. The molecule has 1 amide bonds. The summed E-state index contributed by atoms with van der Waals surface area (Å²) in [5.41, 5.74) is 3.40. The molecule has 2 N–H and O–H groups in total. The molecule has 140 valence electrons. The van der Waals surface area contributed by atoms with Crippen molar-refractivity contribution in [3.05, 3.63) is 65.5 Å². The van der Waals surface area contributed by atoms with Crippen molar-refractivity contribution in [1.82, 2.24) is 14.8 Å². The number of carboxylic acid groups (broad SMARTS) is 1. The second-order valence-corrected chi connectivity index (χ2v) is 7.42. The van der Waals surface area contributed by atoms with Crippen LogP contribution >= 0.6 is 11.3 Å². The van der Waals surface area contributed by atoms with Crippen molar-refractivity contribution in [2.75, 3.05) is 5.32 Å². The Bertz CT molecular complexity index is 1210. The van der Waals surface area contributed by atoms with E-state index in [-0.39, 0.29) is 11.3 Å². The van der Waals surface area contributed by atoms with Gasteiger partial charge < -0.3 is 10.4 Å². The van der Waals surface area contributed by atoms with Crippen molar-refractivity contribution in [1.29, 1.82) is 0 Å². The second-order valence-electron chi connectivity index (χ2n) is 6.39. The number of benzene rings is 2. The molecule has 0 radical (unpaired) electrons. The Balaban J connectivity index is 1.56. The molecule has 0 saturated carbocycles. The van der Waals surface area contributed by atoms with Gasteiger partial charge in [-0.3, -0.25) is 9.48 Å². The van der Waals surface area contributed by atoms with Gasteiger partial charge in [-0.05, 0) is 48.9 Å². The van der Waals surface area contributed by atoms with E-state index in [2.05, 4.69) is 21.5 Å². The molecule has 2 aromatic heterocycles. The minimum Gasteiger partial charge on any atom is -0.476 e. The van der Waals surface area contributed by atoms with Crippen LogP contribution in [0.5, 0.6) is 0 Å². The molecular formula is C20H16N4O3S. The van der Waals surface area contributed by atoms with Crippen molar-refractivity contribution < 1.29 is 14.7 Å². The summed E-state index contributed by atoms with van der Waals surface area (Å²) in [4.78, 5) is 28.3. The number of thiazole rings is 1. The molecule has 0 aliphatic heterocycles. The van der Waals surface area contributed by atoms with Crippen LogP contribution in [0, 0.1) is 6.92 Å². The number of nitrogens with zero attached hydrogens (tertiary/aromatic N) is 3. The number of rotatable bonds is 4. The van der Waals surface area contributed by atoms with Gasteiger partial charge in [0.2, 0.25) is 0 Å². The summed E-state index contributed by atoms with van der Waals surface area (Å²) in [6.07, 6.45) is 1.39. The van der Waals surface area contributed by atoms with Crippen molar-refractivity contribution in [2.45, 2.75) is 6.92 Å². The van der Waals surface area contributed by atoms with Crippen LogP contribution in [0.2, 0.25) is 0 Å². The SMILES string of the molecule is Cc1ccc2nc(-c3ccc(NC(=O)c4cn(C)nc4C(=O)O)cc3)sc2c1. The number of aryl methyl sites for hydroxylation is 2. The van der Waals surface area contributed by atoms with E-state index in [1.165, 1.54) is 16.4 Å². The molecule has 0 aliphatic carbocycles. The van der Waals surface area contributed by atoms with Gasteiger partial charge >= 0.3 is 5.97 Å². The molecule has 4 aromatic rings. The number of carbonyl (C=O) groups excluding carboxylic acids is 1. The van der Waals surface area contributed by atoms with Gasteiger partial charge in [-0.25, -0.2) is 9.78 Å². The van der Waals surface area contributed by atoms with Gasteiger partial charge in [0.1, 0.15) is 5.01 Å². The molecule has 8 heteroatoms. The molecule has 0 bridgehead atoms. The highest BCUT2D eigenvalue weighted by molar-refractivity contribution is 7.21. The lowest BCUT2D eigenvalue weighted by molar-refractivity contribution is 0.0685. The van der Waals surface area contributed by atoms with E-state index < -0.39 is 11.9 Å². The predicted octanol–water partition coefficient (Wildman–Crippen LogP) is 3.96. The zero-order chi connectivity index (χ0) is 19.8. The molecule has 0 unspecified atom stereocenters. The number of amides is 1. The van der Waals surface area contributed by atoms with Gasteiger partial charge in [0.05, 0.1) is 15.8 Å². The van der Waals surface area contributed by atoms with Crippen LogP contribution < -0.4 is 5.32 Å². The lowest BCUT2D eigenvalue weighted by atomic mass is 10.2. The normalized spacial score (nSPS) is 10.9. The van der Waals surface area contributed by atoms with Gasteiger partial charge in [-0.15, -0.1) is 11.3 Å². The maximum absolute atomic E-state index is 12.4. The molecule has 0 spiro atoms. The first-order valence-electron chi connectivity index (χ1n) is 8.46. The van der Waals surface area contributed by atoms with Gasteiger partial charge in [-0.2, -0.15) is 5.10 Å². The fourth-order valence-corrected chi connectivity index (χ4v) is 3.93. The summed E-state index contributed by atoms with van der Waals surface area (Å²) in [6.45, 7) is 2.05. The van der Waals surface area contributed by atoms with Gasteiger partial charge in [-0.1, -0.05) is 6.07 Å². The van der Waals surface area contributed by atoms with E-state index in [9.17, 15) is 14.7 Å². The van der Waals surface area contributed by atoms with Crippen LogP contribution in [0.15, 0.2) is 48.7 Å². The van der Waals surface area contributed by atoms with Crippen LogP contribution in [0.25, 0.3) is 20.8 Å². The van der Waals surface area contributed by atoms with Crippen LogP contribution in [0.4, 0.5) is 5.69 Å². The Morgan fingerprint density at radius 1 is 1.14 bits per heavy atom. The number of nitrogens with one attached hydrogen (secondary N) is 1. The van der Waals surface area contributed by atoms with Gasteiger partial charge in [0, 0.05) is 24.5 Å². The van der Waals surface area contributed by atoms with Crippen molar-refractivity contribution >= 4 is 39.1 Å². The van der Waals surface area contributed by atoms with E-state index in [0.29, 0.717) is 5.69 Å². The Kier molecular flexibility index (Phi) is 4.40. The Labute approximate surface area is 164 Å². The third-order valence-electron chi connectivity index (χ3n) is 4.21.